The zero-order valence-electron chi connectivity index (χ0n) is 11.0. The molecule has 2 N–H and O–H groups in total. The van der Waals surface area contributed by atoms with E-state index in [1.807, 2.05) is 17.5 Å². The lowest BCUT2D eigenvalue weighted by Gasteiger charge is -2.25. The van der Waals surface area contributed by atoms with E-state index in [0.717, 1.165) is 17.7 Å². The van der Waals surface area contributed by atoms with E-state index in [4.69, 9.17) is 0 Å². The van der Waals surface area contributed by atoms with Gasteiger partial charge in [0.1, 0.15) is 11.0 Å². The molecule has 0 bridgehead atoms. The molecule has 0 radical (unpaired) electrons. The highest BCUT2D eigenvalue weighted by Crippen LogP contribution is 2.37. The lowest BCUT2D eigenvalue weighted by atomic mass is 9.87. The molecule has 1 aromatic rings. The zero-order chi connectivity index (χ0) is 13.9. The number of nitriles is 1. The average molecular weight is 278 g/mol. The molecule has 1 fully saturated rings. The first-order chi connectivity index (χ1) is 9.00. The summed E-state index contributed by atoms with van der Waals surface area (Å²) in [7, 11) is 0. The molecule has 19 heavy (non-hydrogen) atoms. The second kappa shape index (κ2) is 5.32. The Morgan fingerprint density at radius 2 is 2.32 bits per heavy atom. The minimum atomic E-state index is -1.08. The Kier molecular flexibility index (Phi) is 3.93. The molecule has 1 unspecified atom stereocenters. The summed E-state index contributed by atoms with van der Waals surface area (Å²) < 4.78 is 0. The lowest BCUT2D eigenvalue weighted by Crippen LogP contribution is -2.44. The highest BCUT2D eigenvalue weighted by molar-refractivity contribution is 7.10. The summed E-state index contributed by atoms with van der Waals surface area (Å²) >= 11 is 1.45. The van der Waals surface area contributed by atoms with Gasteiger partial charge in [-0.3, -0.25) is 4.79 Å². The van der Waals surface area contributed by atoms with Crippen LogP contribution < -0.4 is 5.32 Å². The van der Waals surface area contributed by atoms with E-state index in [1.54, 1.807) is 6.92 Å². The maximum absolute atomic E-state index is 12.2. The zero-order valence-corrected chi connectivity index (χ0v) is 11.8. The molecule has 5 heteroatoms. The predicted octanol–water partition coefficient (Wildman–Crippen LogP) is 2.16. The molecule has 1 aliphatic carbocycles. The lowest BCUT2D eigenvalue weighted by molar-refractivity contribution is -0.129. The minimum absolute atomic E-state index is 0.135. The van der Waals surface area contributed by atoms with Crippen LogP contribution in [-0.4, -0.2) is 17.6 Å². The van der Waals surface area contributed by atoms with Gasteiger partial charge in [0.05, 0.1) is 12.6 Å². The summed E-state index contributed by atoms with van der Waals surface area (Å²) in [5, 5.41) is 24.2. The Labute approximate surface area is 117 Å². The van der Waals surface area contributed by atoms with Crippen molar-refractivity contribution < 1.29 is 9.90 Å². The smallest absolute Gasteiger partial charge is 0.240 e. The first-order valence-electron chi connectivity index (χ1n) is 6.46. The Morgan fingerprint density at radius 3 is 2.84 bits per heavy atom. The number of aliphatic hydroxyl groups is 1. The first-order valence-corrected chi connectivity index (χ1v) is 7.34. The molecule has 1 aromatic heterocycles. The molecule has 2 rings (SSSR count). The van der Waals surface area contributed by atoms with Crippen LogP contribution in [0.2, 0.25) is 0 Å². The molecule has 1 aliphatic rings. The number of hydrogen-bond acceptors (Lipinski definition) is 4. The van der Waals surface area contributed by atoms with Gasteiger partial charge in [0.2, 0.25) is 5.91 Å². The predicted molar refractivity (Wildman–Crippen MR) is 73.4 cm³/mol. The third kappa shape index (κ3) is 2.80. The Bertz CT molecular complexity index is 482. The van der Waals surface area contributed by atoms with E-state index >= 15 is 0 Å². The topological polar surface area (TPSA) is 73.1 Å². The van der Waals surface area contributed by atoms with Gasteiger partial charge in [-0.25, -0.2) is 0 Å². The molecule has 0 aliphatic heterocycles. The van der Waals surface area contributed by atoms with Crippen LogP contribution in [0, 0.1) is 16.7 Å². The normalized spacial score (nSPS) is 20.5. The Balaban J connectivity index is 1.99. The van der Waals surface area contributed by atoms with Crippen molar-refractivity contribution in [2.24, 2.45) is 5.41 Å². The van der Waals surface area contributed by atoms with Crippen molar-refractivity contribution in [3.05, 3.63) is 22.4 Å². The first kappa shape index (κ1) is 14.0. The van der Waals surface area contributed by atoms with Gasteiger partial charge < -0.3 is 10.4 Å². The maximum atomic E-state index is 12.2. The summed E-state index contributed by atoms with van der Waals surface area (Å²) in [6.45, 7) is 1.81. The second-order valence-electron chi connectivity index (χ2n) is 5.33. The van der Waals surface area contributed by atoms with Crippen LogP contribution in [0.5, 0.6) is 0 Å². The van der Waals surface area contributed by atoms with Gasteiger partial charge in [-0.2, -0.15) is 5.26 Å². The molecule has 1 atom stereocenters. The number of rotatable bonds is 4. The molecule has 0 saturated heterocycles. The SMILES string of the molecule is CC(O)(CNC(=O)C1(C#N)CCCC1)c1cccs1. The van der Waals surface area contributed by atoms with Crippen LogP contribution in [0.3, 0.4) is 0 Å². The monoisotopic (exact) mass is 278 g/mol. The number of nitrogens with one attached hydrogen (secondary N) is 1. The van der Waals surface area contributed by atoms with Crippen LogP contribution in [0.4, 0.5) is 0 Å². The molecular weight excluding hydrogens is 260 g/mol. The van der Waals surface area contributed by atoms with Crippen LogP contribution >= 0.6 is 11.3 Å². The van der Waals surface area contributed by atoms with Crippen molar-refractivity contribution in [3.63, 3.8) is 0 Å². The number of hydrogen-bond donors (Lipinski definition) is 2. The fourth-order valence-electron chi connectivity index (χ4n) is 2.46. The van der Waals surface area contributed by atoms with Gasteiger partial charge in [-0.1, -0.05) is 18.9 Å². The number of thiophene rings is 1. The van der Waals surface area contributed by atoms with Gasteiger partial charge in [0.15, 0.2) is 0 Å². The largest absolute Gasteiger partial charge is 0.383 e. The number of carbonyl (C=O) groups is 1. The molecule has 0 spiro atoms. The fraction of sp³-hybridized carbons (Fsp3) is 0.571. The average Bonchev–Trinajstić information content (AvgIpc) is 3.07. The van der Waals surface area contributed by atoms with E-state index in [1.165, 1.54) is 11.3 Å². The van der Waals surface area contributed by atoms with Crippen LogP contribution in [0.25, 0.3) is 0 Å². The molecule has 1 saturated carbocycles. The highest BCUT2D eigenvalue weighted by atomic mass is 32.1. The van der Waals surface area contributed by atoms with E-state index in [0.29, 0.717) is 12.8 Å². The molecular formula is C14H18N2O2S. The third-order valence-corrected chi connectivity index (χ3v) is 4.87. The molecule has 0 aromatic carbocycles. The van der Waals surface area contributed by atoms with Gasteiger partial charge in [0.25, 0.3) is 0 Å². The Hall–Kier alpha value is -1.38. The third-order valence-electron chi connectivity index (χ3n) is 3.75. The van der Waals surface area contributed by atoms with Gasteiger partial charge in [-0.05, 0) is 31.2 Å². The van der Waals surface area contributed by atoms with Crippen molar-refractivity contribution in [2.45, 2.75) is 38.2 Å². The quantitative estimate of drug-likeness (QED) is 0.886. The maximum Gasteiger partial charge on any atom is 0.240 e. The number of carbonyl (C=O) groups excluding carboxylic acids is 1. The molecule has 1 amide bonds. The van der Waals surface area contributed by atoms with E-state index < -0.39 is 11.0 Å². The number of nitrogens with zero attached hydrogens (tertiary/aromatic N) is 1. The fourth-order valence-corrected chi connectivity index (χ4v) is 3.25. The molecule has 1 heterocycles. The van der Waals surface area contributed by atoms with E-state index in [9.17, 15) is 15.2 Å². The van der Waals surface area contributed by atoms with E-state index in [-0.39, 0.29) is 12.5 Å². The van der Waals surface area contributed by atoms with Gasteiger partial charge in [-0.15, -0.1) is 11.3 Å². The summed E-state index contributed by atoms with van der Waals surface area (Å²) in [5.74, 6) is -0.246. The van der Waals surface area contributed by atoms with Crippen molar-refractivity contribution in [1.82, 2.24) is 5.32 Å². The van der Waals surface area contributed by atoms with Gasteiger partial charge in [0, 0.05) is 4.88 Å². The summed E-state index contributed by atoms with van der Waals surface area (Å²) in [6.07, 6.45) is 3.08. The molecule has 4 nitrogen and oxygen atoms in total. The van der Waals surface area contributed by atoms with Crippen molar-refractivity contribution in [1.29, 1.82) is 5.26 Å². The number of amides is 1. The van der Waals surface area contributed by atoms with E-state index in [2.05, 4.69) is 11.4 Å². The highest BCUT2D eigenvalue weighted by Gasteiger charge is 2.42. The summed E-state index contributed by atoms with van der Waals surface area (Å²) in [6, 6.07) is 5.86. The van der Waals surface area contributed by atoms with Crippen molar-refractivity contribution in [2.75, 3.05) is 6.54 Å². The van der Waals surface area contributed by atoms with Crippen LogP contribution in [-0.2, 0) is 10.4 Å². The van der Waals surface area contributed by atoms with Crippen LogP contribution in [0.1, 0.15) is 37.5 Å². The summed E-state index contributed by atoms with van der Waals surface area (Å²) in [5.41, 5.74) is -1.97. The van der Waals surface area contributed by atoms with Crippen LogP contribution in [0.15, 0.2) is 17.5 Å². The van der Waals surface area contributed by atoms with Gasteiger partial charge >= 0.3 is 0 Å². The van der Waals surface area contributed by atoms with Crippen molar-refractivity contribution in [3.8, 4) is 6.07 Å². The molecule has 102 valence electrons. The standard InChI is InChI=1S/C14H18N2O2S/c1-13(18,11-5-4-8-19-11)10-16-12(17)14(9-15)6-2-3-7-14/h4-5,8,18H,2-3,6-7,10H2,1H3,(H,16,17). The van der Waals surface area contributed by atoms with Crippen molar-refractivity contribution >= 4 is 17.2 Å². The minimum Gasteiger partial charge on any atom is -0.383 e. The Morgan fingerprint density at radius 1 is 1.63 bits per heavy atom. The summed E-state index contributed by atoms with van der Waals surface area (Å²) in [4.78, 5) is 13.0. The second-order valence-corrected chi connectivity index (χ2v) is 6.28.